The van der Waals surface area contributed by atoms with Crippen molar-refractivity contribution >= 4 is 19.7 Å². The maximum Gasteiger partial charge on any atom is 0.472 e. The summed E-state index contributed by atoms with van der Waals surface area (Å²) in [5, 5.41) is 12.7. The number of phosphoric ester groups is 1. The van der Waals surface area contributed by atoms with E-state index in [1.54, 1.807) is 0 Å². The van der Waals surface area contributed by atoms with Gasteiger partial charge in [-0.25, -0.2) is 4.57 Å². The summed E-state index contributed by atoms with van der Waals surface area (Å²) in [6.07, 6.45) is 54.0. The lowest BCUT2D eigenvalue weighted by molar-refractivity contribution is -0.147. The van der Waals surface area contributed by atoms with Gasteiger partial charge in [-0.2, -0.15) is 0 Å². The van der Waals surface area contributed by atoms with Crippen molar-refractivity contribution in [3.05, 3.63) is 24.3 Å². The summed E-state index contributed by atoms with van der Waals surface area (Å²) in [5.41, 5.74) is 0. The minimum atomic E-state index is -4.42. The molecule has 0 bridgehead atoms. The lowest BCUT2D eigenvalue weighted by Gasteiger charge is -2.15. The van der Waals surface area contributed by atoms with Gasteiger partial charge in [0.1, 0.15) is 12.7 Å². The molecular weight excluding hydrogens is 786 g/mol. The number of unbranched alkanes of at least 4 members (excludes halogenated alkanes) is 32. The molecule has 0 fully saturated rings. The monoisotopic (exact) mass is 884 g/mol. The lowest BCUT2D eigenvalue weighted by atomic mass is 10.0. The summed E-state index contributed by atoms with van der Waals surface area (Å²) in [4.78, 5) is 34.1. The fraction of sp³-hybridized carbons (Fsp3) is 0.882. The van der Waals surface area contributed by atoms with Crippen LogP contribution in [-0.2, 0) is 27.9 Å². The summed E-state index contributed by atoms with van der Waals surface area (Å²) >= 11 is 0. The molecular formula is C51H98NO8P. The van der Waals surface area contributed by atoms with Gasteiger partial charge < -0.3 is 20.1 Å². The van der Waals surface area contributed by atoms with Gasteiger partial charge >= 0.3 is 13.8 Å². The van der Waals surface area contributed by atoms with Crippen LogP contribution in [0, 0.1) is 0 Å². The lowest BCUT2D eigenvalue weighted by Crippen LogP contribution is -2.27. The Balaban J connectivity index is 3.53. The van der Waals surface area contributed by atoms with Crippen LogP contribution < -0.4 is 5.32 Å². The Kier molecular flexibility index (Phi) is 46.8. The SMILES string of the molecule is CCCCCCCC/C=C\CCCCCCCCCC(=O)NCCOP(=O)(O)OCC(O)COC(=O)CCCCCCCCCCCCCCC/C=C/CCCCCCCC. The largest absolute Gasteiger partial charge is 0.472 e. The van der Waals surface area contributed by atoms with E-state index in [1.807, 2.05) is 0 Å². The van der Waals surface area contributed by atoms with Crippen molar-refractivity contribution in [2.75, 3.05) is 26.4 Å². The van der Waals surface area contributed by atoms with E-state index in [0.717, 1.165) is 38.5 Å². The third-order valence-corrected chi connectivity index (χ3v) is 12.3. The highest BCUT2D eigenvalue weighted by Crippen LogP contribution is 2.42. The molecule has 10 heteroatoms. The zero-order valence-electron chi connectivity index (χ0n) is 39.9. The second-order valence-corrected chi connectivity index (χ2v) is 18.9. The zero-order chi connectivity index (χ0) is 44.6. The molecule has 0 aromatic rings. The number of hydrogen-bond donors (Lipinski definition) is 3. The Morgan fingerprint density at radius 3 is 1.23 bits per heavy atom. The first-order valence-corrected chi connectivity index (χ1v) is 27.3. The molecule has 9 nitrogen and oxygen atoms in total. The highest BCUT2D eigenvalue weighted by Gasteiger charge is 2.23. The van der Waals surface area contributed by atoms with Crippen molar-refractivity contribution < 1.29 is 37.9 Å². The molecule has 0 radical (unpaired) electrons. The van der Waals surface area contributed by atoms with Gasteiger partial charge in [0, 0.05) is 19.4 Å². The van der Waals surface area contributed by atoms with Crippen LogP contribution in [0.5, 0.6) is 0 Å². The third-order valence-electron chi connectivity index (χ3n) is 11.4. The smallest absolute Gasteiger partial charge is 0.463 e. The molecule has 360 valence electrons. The number of carbonyl (C=O) groups excluding carboxylic acids is 2. The molecule has 0 saturated heterocycles. The van der Waals surface area contributed by atoms with Crippen molar-refractivity contribution in [3.63, 3.8) is 0 Å². The van der Waals surface area contributed by atoms with E-state index in [2.05, 4.69) is 43.5 Å². The van der Waals surface area contributed by atoms with E-state index in [1.165, 1.54) is 193 Å². The van der Waals surface area contributed by atoms with Crippen LogP contribution in [0.3, 0.4) is 0 Å². The van der Waals surface area contributed by atoms with Crippen molar-refractivity contribution in [3.8, 4) is 0 Å². The molecule has 0 aliphatic carbocycles. The van der Waals surface area contributed by atoms with Crippen LogP contribution in [0.25, 0.3) is 0 Å². The minimum absolute atomic E-state index is 0.0818. The molecule has 0 heterocycles. The molecule has 0 aromatic heterocycles. The van der Waals surface area contributed by atoms with Crippen LogP contribution in [-0.4, -0.2) is 54.3 Å². The highest BCUT2D eigenvalue weighted by molar-refractivity contribution is 7.47. The molecule has 2 atom stereocenters. The Bertz CT molecular complexity index is 1050. The van der Waals surface area contributed by atoms with Crippen molar-refractivity contribution in [1.29, 1.82) is 0 Å². The van der Waals surface area contributed by atoms with Crippen molar-refractivity contribution in [2.45, 2.75) is 264 Å². The van der Waals surface area contributed by atoms with Crippen molar-refractivity contribution in [2.24, 2.45) is 0 Å². The summed E-state index contributed by atoms with van der Waals surface area (Å²) < 4.78 is 27.0. The molecule has 0 saturated carbocycles. The molecule has 3 N–H and O–H groups in total. The van der Waals surface area contributed by atoms with E-state index < -0.39 is 26.5 Å². The van der Waals surface area contributed by atoms with Crippen LogP contribution in [0.15, 0.2) is 24.3 Å². The van der Waals surface area contributed by atoms with Gasteiger partial charge in [-0.3, -0.25) is 18.6 Å². The first-order valence-electron chi connectivity index (χ1n) is 25.8. The molecule has 0 rings (SSSR count). The van der Waals surface area contributed by atoms with E-state index in [9.17, 15) is 24.2 Å². The number of rotatable bonds is 49. The Morgan fingerprint density at radius 1 is 0.492 bits per heavy atom. The molecule has 0 aliphatic heterocycles. The quantitative estimate of drug-likeness (QED) is 0.0238. The maximum absolute atomic E-state index is 12.1. The predicted molar refractivity (Wildman–Crippen MR) is 257 cm³/mol. The fourth-order valence-electron chi connectivity index (χ4n) is 7.43. The second-order valence-electron chi connectivity index (χ2n) is 17.5. The number of aliphatic hydroxyl groups excluding tert-OH is 1. The Hall–Kier alpha value is -1.51. The first kappa shape index (κ1) is 59.5. The van der Waals surface area contributed by atoms with Gasteiger partial charge in [-0.05, 0) is 64.2 Å². The number of esters is 1. The molecule has 61 heavy (non-hydrogen) atoms. The summed E-state index contributed by atoms with van der Waals surface area (Å²) in [6, 6.07) is 0. The van der Waals surface area contributed by atoms with Crippen LogP contribution >= 0.6 is 7.82 Å². The average Bonchev–Trinajstić information content (AvgIpc) is 3.25. The standard InChI is InChI=1S/C51H98NO8P/c1-3-5-7-9-11-13-15-17-19-21-22-23-24-25-26-28-30-32-34-36-38-40-42-44-51(55)58-47-49(53)48-60-61(56,57)59-46-45-52-50(54)43-41-39-37-35-33-31-29-27-20-18-16-14-12-10-8-6-4-2/h17-20,49,53H,3-16,21-48H2,1-2H3,(H,52,54)(H,56,57)/b19-17+,20-18-. The number of hydrogen-bond acceptors (Lipinski definition) is 7. The van der Waals surface area contributed by atoms with Crippen molar-refractivity contribution in [1.82, 2.24) is 5.32 Å². The van der Waals surface area contributed by atoms with Gasteiger partial charge in [0.15, 0.2) is 0 Å². The third kappa shape index (κ3) is 49.4. The first-order chi connectivity index (χ1) is 29.8. The number of allylic oxidation sites excluding steroid dienone is 4. The normalized spacial score (nSPS) is 13.3. The minimum Gasteiger partial charge on any atom is -0.463 e. The Labute approximate surface area is 376 Å². The number of aliphatic hydroxyl groups is 1. The molecule has 0 aromatic carbocycles. The number of phosphoric acid groups is 1. The van der Waals surface area contributed by atoms with Gasteiger partial charge in [-0.15, -0.1) is 0 Å². The van der Waals surface area contributed by atoms with Gasteiger partial charge in [0.05, 0.1) is 13.2 Å². The van der Waals surface area contributed by atoms with Gasteiger partial charge in [0.25, 0.3) is 0 Å². The summed E-state index contributed by atoms with van der Waals surface area (Å²) in [6.45, 7) is 3.58. The van der Waals surface area contributed by atoms with E-state index in [4.69, 9.17) is 13.8 Å². The predicted octanol–water partition coefficient (Wildman–Crippen LogP) is 15.1. The Morgan fingerprint density at radius 2 is 0.836 bits per heavy atom. The number of carbonyl (C=O) groups is 2. The molecule has 1 amide bonds. The number of amides is 1. The summed E-state index contributed by atoms with van der Waals surface area (Å²) in [5.74, 6) is -0.511. The van der Waals surface area contributed by atoms with E-state index in [0.29, 0.717) is 6.42 Å². The zero-order valence-corrected chi connectivity index (χ0v) is 40.8. The molecule has 0 aliphatic rings. The fourth-order valence-corrected chi connectivity index (χ4v) is 8.19. The summed E-state index contributed by atoms with van der Waals surface area (Å²) in [7, 11) is -4.42. The van der Waals surface area contributed by atoms with Crippen LogP contribution in [0.2, 0.25) is 0 Å². The number of nitrogens with one attached hydrogen (secondary N) is 1. The van der Waals surface area contributed by atoms with Crippen LogP contribution in [0.4, 0.5) is 0 Å². The van der Waals surface area contributed by atoms with E-state index >= 15 is 0 Å². The van der Waals surface area contributed by atoms with Gasteiger partial charge in [0.2, 0.25) is 5.91 Å². The number of ether oxygens (including phenoxy) is 1. The van der Waals surface area contributed by atoms with Crippen LogP contribution in [0.1, 0.15) is 258 Å². The molecule has 2 unspecified atom stereocenters. The topological polar surface area (TPSA) is 131 Å². The van der Waals surface area contributed by atoms with E-state index in [-0.39, 0.29) is 32.1 Å². The van der Waals surface area contributed by atoms with Gasteiger partial charge in [-0.1, -0.05) is 205 Å². The second kappa shape index (κ2) is 48.0. The maximum atomic E-state index is 12.1. The average molecular weight is 884 g/mol. The molecule has 0 spiro atoms. The highest BCUT2D eigenvalue weighted by atomic mass is 31.2.